The molecule has 4 rings (SSSR count). The number of amides is 2. The van der Waals surface area contributed by atoms with E-state index in [0.717, 1.165) is 11.1 Å². The summed E-state index contributed by atoms with van der Waals surface area (Å²) in [6.07, 6.45) is 2.11. The van der Waals surface area contributed by atoms with Crippen LogP contribution in [-0.2, 0) is 26.2 Å². The van der Waals surface area contributed by atoms with E-state index in [-0.39, 0.29) is 36.0 Å². The van der Waals surface area contributed by atoms with E-state index in [1.165, 1.54) is 0 Å². The number of esters is 1. The lowest BCUT2D eigenvalue weighted by atomic mass is 9.85. The van der Waals surface area contributed by atoms with Gasteiger partial charge in [-0.15, -0.1) is 0 Å². The molecule has 2 amide bonds. The molecule has 0 bridgehead atoms. The van der Waals surface area contributed by atoms with Gasteiger partial charge in [0.1, 0.15) is 5.75 Å². The van der Waals surface area contributed by atoms with Gasteiger partial charge < -0.3 is 20.1 Å². The number of hydrogen-bond donors (Lipinski definition) is 2. The van der Waals surface area contributed by atoms with Crippen molar-refractivity contribution in [2.45, 2.75) is 44.9 Å². The van der Waals surface area contributed by atoms with Gasteiger partial charge in [-0.3, -0.25) is 14.4 Å². The highest BCUT2D eigenvalue weighted by atomic mass is 16.5. The van der Waals surface area contributed by atoms with Gasteiger partial charge in [-0.1, -0.05) is 13.0 Å². The summed E-state index contributed by atoms with van der Waals surface area (Å²) in [7, 11) is 1.59. The highest BCUT2D eigenvalue weighted by Gasteiger charge is 2.67. The van der Waals surface area contributed by atoms with Crippen LogP contribution >= 0.6 is 0 Å². The predicted octanol–water partition coefficient (Wildman–Crippen LogP) is 3.73. The quantitative estimate of drug-likeness (QED) is 0.546. The fourth-order valence-corrected chi connectivity index (χ4v) is 5.50. The van der Waals surface area contributed by atoms with Gasteiger partial charge >= 0.3 is 5.97 Å². The molecule has 1 fully saturated rings. The average molecular weight is 490 g/mol. The molecular formula is C28H31N3O5. The second kappa shape index (κ2) is 10.4. The highest BCUT2D eigenvalue weighted by Crippen LogP contribution is 2.65. The third-order valence-electron chi connectivity index (χ3n) is 7.41. The monoisotopic (exact) mass is 489 g/mol. The molecule has 1 spiro atoms. The van der Waals surface area contributed by atoms with Crippen molar-refractivity contribution >= 4 is 23.5 Å². The van der Waals surface area contributed by atoms with Crippen molar-refractivity contribution in [2.24, 2.45) is 11.8 Å². The smallest absolute Gasteiger partial charge is 0.305 e. The first-order valence-corrected chi connectivity index (χ1v) is 12.3. The van der Waals surface area contributed by atoms with Crippen LogP contribution in [0.2, 0.25) is 0 Å². The van der Waals surface area contributed by atoms with E-state index in [9.17, 15) is 19.6 Å². The molecule has 36 heavy (non-hydrogen) atoms. The number of rotatable bonds is 8. The van der Waals surface area contributed by atoms with Gasteiger partial charge in [0.05, 0.1) is 30.8 Å². The van der Waals surface area contributed by atoms with E-state index in [2.05, 4.69) is 23.6 Å². The summed E-state index contributed by atoms with van der Waals surface area (Å²) in [5.74, 6) is -0.0808. The summed E-state index contributed by atoms with van der Waals surface area (Å²) >= 11 is 0. The Morgan fingerprint density at radius 2 is 2.03 bits per heavy atom. The Hall–Kier alpha value is -3.86. The van der Waals surface area contributed by atoms with Gasteiger partial charge in [0.2, 0.25) is 5.91 Å². The first-order chi connectivity index (χ1) is 17.3. The SMILES string of the molecule is CCOC(=O)CCCc1ccc(C#N)cc1NC(=O)C1C(C)[C@]12CCOc1ccc(C(=O)NC)cc12. The van der Waals surface area contributed by atoms with Crippen molar-refractivity contribution in [3.63, 3.8) is 0 Å². The first kappa shape index (κ1) is 25.2. The summed E-state index contributed by atoms with van der Waals surface area (Å²) in [5, 5.41) is 15.1. The summed E-state index contributed by atoms with van der Waals surface area (Å²) in [5.41, 5.74) is 2.92. The number of aryl methyl sites for hydroxylation is 1. The van der Waals surface area contributed by atoms with Crippen LogP contribution in [0, 0.1) is 23.2 Å². The molecule has 1 aliphatic carbocycles. The maximum absolute atomic E-state index is 13.6. The second-order valence-corrected chi connectivity index (χ2v) is 9.33. The number of nitriles is 1. The van der Waals surface area contributed by atoms with Crippen LogP contribution in [0.15, 0.2) is 36.4 Å². The molecule has 2 aromatic carbocycles. The summed E-state index contributed by atoms with van der Waals surface area (Å²) in [6.45, 7) is 4.67. The number of carbonyl (C=O) groups is 3. The van der Waals surface area contributed by atoms with Crippen LogP contribution in [0.4, 0.5) is 5.69 Å². The fraction of sp³-hybridized carbons (Fsp3) is 0.429. The Kier molecular flexibility index (Phi) is 7.30. The van der Waals surface area contributed by atoms with E-state index in [0.29, 0.717) is 55.0 Å². The van der Waals surface area contributed by atoms with Crippen LogP contribution in [0.25, 0.3) is 0 Å². The van der Waals surface area contributed by atoms with Crippen molar-refractivity contribution in [2.75, 3.05) is 25.6 Å². The number of fused-ring (bicyclic) bond motifs is 2. The topological polar surface area (TPSA) is 118 Å². The number of nitrogens with one attached hydrogen (secondary N) is 2. The van der Waals surface area contributed by atoms with Gasteiger partial charge in [0, 0.05) is 35.7 Å². The second-order valence-electron chi connectivity index (χ2n) is 9.33. The lowest BCUT2D eigenvalue weighted by Gasteiger charge is -2.28. The van der Waals surface area contributed by atoms with E-state index < -0.39 is 5.41 Å². The number of carbonyl (C=O) groups excluding carboxylic acids is 3. The van der Waals surface area contributed by atoms with Crippen LogP contribution in [0.3, 0.4) is 0 Å². The van der Waals surface area contributed by atoms with Gasteiger partial charge in [-0.25, -0.2) is 0 Å². The molecule has 2 aromatic rings. The van der Waals surface area contributed by atoms with Crippen molar-refractivity contribution in [1.82, 2.24) is 5.32 Å². The number of nitrogens with zero attached hydrogens (tertiary/aromatic N) is 1. The standard InChI is InChI=1S/C28H31N3O5/c1-4-35-24(32)7-5-6-19-9-8-18(16-29)14-22(19)31-27(34)25-17(2)28(25)12-13-36-23-11-10-20(15-21(23)28)26(33)30-3/h8-11,14-15,17,25H,4-7,12-13H2,1-3H3,(H,30,33)(H,31,34)/t17?,25?,28-/m0/s1. The molecule has 1 saturated carbocycles. The minimum Gasteiger partial charge on any atom is -0.493 e. The predicted molar refractivity (Wildman–Crippen MR) is 134 cm³/mol. The number of ether oxygens (including phenoxy) is 2. The van der Waals surface area contributed by atoms with Crippen LogP contribution < -0.4 is 15.4 Å². The normalized spacial score (nSPS) is 21.5. The van der Waals surface area contributed by atoms with Crippen molar-refractivity contribution in [1.29, 1.82) is 5.26 Å². The maximum Gasteiger partial charge on any atom is 0.305 e. The van der Waals surface area contributed by atoms with Gasteiger partial charge in [-0.05, 0) is 68.0 Å². The molecule has 0 radical (unpaired) electrons. The molecule has 1 aliphatic heterocycles. The lowest BCUT2D eigenvalue weighted by molar-refractivity contribution is -0.143. The van der Waals surface area contributed by atoms with Crippen LogP contribution in [0.1, 0.15) is 60.2 Å². The molecule has 8 heteroatoms. The number of hydrogen-bond acceptors (Lipinski definition) is 6. The Morgan fingerprint density at radius 3 is 2.75 bits per heavy atom. The van der Waals surface area contributed by atoms with E-state index in [1.807, 2.05) is 12.1 Å². The molecule has 0 saturated heterocycles. The third kappa shape index (κ3) is 4.66. The summed E-state index contributed by atoms with van der Waals surface area (Å²) in [4.78, 5) is 37.5. The molecule has 0 aromatic heterocycles. The zero-order chi connectivity index (χ0) is 25.9. The van der Waals surface area contributed by atoms with E-state index >= 15 is 0 Å². The van der Waals surface area contributed by atoms with Gasteiger partial charge in [0.25, 0.3) is 5.91 Å². The maximum atomic E-state index is 13.6. The van der Waals surface area contributed by atoms with Gasteiger partial charge in [-0.2, -0.15) is 5.26 Å². The van der Waals surface area contributed by atoms with Crippen molar-refractivity contribution in [3.8, 4) is 11.8 Å². The Labute approximate surface area is 211 Å². The molecule has 3 atom stereocenters. The van der Waals surface area contributed by atoms with E-state index in [1.54, 1.807) is 38.2 Å². The first-order valence-electron chi connectivity index (χ1n) is 12.3. The Morgan fingerprint density at radius 1 is 1.22 bits per heavy atom. The van der Waals surface area contributed by atoms with Gasteiger partial charge in [0.15, 0.2) is 0 Å². The molecule has 1 heterocycles. The van der Waals surface area contributed by atoms with Crippen LogP contribution in [-0.4, -0.2) is 38.0 Å². The molecule has 2 aliphatic rings. The van der Waals surface area contributed by atoms with E-state index in [4.69, 9.17) is 9.47 Å². The summed E-state index contributed by atoms with van der Waals surface area (Å²) in [6, 6.07) is 12.7. The fourth-order valence-electron chi connectivity index (χ4n) is 5.50. The molecule has 188 valence electrons. The number of benzene rings is 2. The van der Waals surface area contributed by atoms with Crippen molar-refractivity contribution < 1.29 is 23.9 Å². The summed E-state index contributed by atoms with van der Waals surface area (Å²) < 4.78 is 10.9. The minimum atomic E-state index is -0.404. The van der Waals surface area contributed by atoms with Crippen molar-refractivity contribution in [3.05, 3.63) is 58.7 Å². The Balaban J connectivity index is 1.56. The Bertz CT molecular complexity index is 1230. The largest absolute Gasteiger partial charge is 0.493 e. The highest BCUT2D eigenvalue weighted by molar-refractivity contribution is 5.98. The molecule has 8 nitrogen and oxygen atoms in total. The minimum absolute atomic E-state index is 0.0616. The molecule has 2 N–H and O–H groups in total. The number of anilines is 1. The molecule has 2 unspecified atom stereocenters. The zero-order valence-corrected chi connectivity index (χ0v) is 20.8. The third-order valence-corrected chi connectivity index (χ3v) is 7.41. The molecular weight excluding hydrogens is 458 g/mol. The van der Waals surface area contributed by atoms with Crippen LogP contribution in [0.5, 0.6) is 5.75 Å². The lowest BCUT2D eigenvalue weighted by Crippen LogP contribution is -2.28. The average Bonchev–Trinajstić information content (AvgIpc) is 3.47. The zero-order valence-electron chi connectivity index (χ0n) is 20.8.